The van der Waals surface area contributed by atoms with Crippen LogP contribution in [0.25, 0.3) is 0 Å². The van der Waals surface area contributed by atoms with E-state index in [4.69, 9.17) is 0 Å². The second-order valence-electron chi connectivity index (χ2n) is 4.58. The molecule has 0 saturated heterocycles. The second-order valence-corrected chi connectivity index (χ2v) is 4.58. The predicted molar refractivity (Wildman–Crippen MR) is 45.1 cm³/mol. The lowest BCUT2D eigenvalue weighted by molar-refractivity contribution is 0.164. The molecule has 1 fully saturated rings. The summed E-state index contributed by atoms with van der Waals surface area (Å²) in [5.41, 5.74) is 1.57. The average molecular weight is 152 g/mol. The molecule has 1 saturated carbocycles. The van der Waals surface area contributed by atoms with Crippen LogP contribution in [0, 0.1) is 17.3 Å². The second kappa shape index (κ2) is 1.89. The SMILES string of the molecule is CC1=CC[C@H]2[C@@H](C1O)C2(C)C. The standard InChI is InChI=1S/C10H16O/c1-6-4-5-7-8(9(6)11)10(7,2)3/h4,7-9,11H,5H2,1-3H3/t7-,8-,9?/m0/s1. The first-order chi connectivity index (χ1) is 5.05. The zero-order chi connectivity index (χ0) is 8.22. The maximum absolute atomic E-state index is 9.76. The molecule has 0 aliphatic heterocycles. The van der Waals surface area contributed by atoms with E-state index in [-0.39, 0.29) is 6.10 Å². The number of fused-ring (bicyclic) bond motifs is 1. The molecule has 2 aliphatic carbocycles. The largest absolute Gasteiger partial charge is 0.388 e. The Kier molecular flexibility index (Phi) is 1.26. The molecular weight excluding hydrogens is 136 g/mol. The normalized spacial score (nSPS) is 46.2. The highest BCUT2D eigenvalue weighted by Gasteiger charge is 2.61. The minimum atomic E-state index is -0.149. The third-order valence-corrected chi connectivity index (χ3v) is 3.64. The lowest BCUT2D eigenvalue weighted by Crippen LogP contribution is -2.16. The molecule has 0 aromatic heterocycles. The van der Waals surface area contributed by atoms with Crippen molar-refractivity contribution >= 4 is 0 Å². The summed E-state index contributed by atoms with van der Waals surface area (Å²) in [5.74, 6) is 1.30. The highest BCUT2D eigenvalue weighted by atomic mass is 16.3. The zero-order valence-corrected chi connectivity index (χ0v) is 7.46. The van der Waals surface area contributed by atoms with E-state index in [1.165, 1.54) is 12.0 Å². The number of allylic oxidation sites excluding steroid dienone is 1. The predicted octanol–water partition coefficient (Wildman–Crippen LogP) is 1.97. The molecule has 0 aromatic carbocycles. The minimum absolute atomic E-state index is 0.149. The molecule has 0 bridgehead atoms. The molecule has 0 heterocycles. The molecule has 0 amide bonds. The number of rotatable bonds is 0. The fourth-order valence-electron chi connectivity index (χ4n) is 2.58. The molecular formula is C10H16O. The van der Waals surface area contributed by atoms with E-state index in [9.17, 15) is 5.11 Å². The number of hydrogen-bond acceptors (Lipinski definition) is 1. The Labute approximate surface area is 68.1 Å². The van der Waals surface area contributed by atoms with Crippen LogP contribution in [0.1, 0.15) is 27.2 Å². The first-order valence-electron chi connectivity index (χ1n) is 4.40. The van der Waals surface area contributed by atoms with Gasteiger partial charge in [0.25, 0.3) is 0 Å². The molecule has 1 unspecified atom stereocenters. The summed E-state index contributed by atoms with van der Waals surface area (Å²) < 4.78 is 0. The Morgan fingerprint density at radius 3 is 2.73 bits per heavy atom. The summed E-state index contributed by atoms with van der Waals surface area (Å²) in [5, 5.41) is 9.76. The van der Waals surface area contributed by atoms with E-state index in [0.29, 0.717) is 11.3 Å². The molecule has 0 spiro atoms. The highest BCUT2D eigenvalue weighted by molar-refractivity contribution is 5.24. The van der Waals surface area contributed by atoms with Crippen LogP contribution in [0.4, 0.5) is 0 Å². The van der Waals surface area contributed by atoms with E-state index in [2.05, 4.69) is 19.9 Å². The van der Waals surface area contributed by atoms with Gasteiger partial charge < -0.3 is 5.11 Å². The van der Waals surface area contributed by atoms with Gasteiger partial charge in [0.15, 0.2) is 0 Å². The fraction of sp³-hybridized carbons (Fsp3) is 0.800. The third-order valence-electron chi connectivity index (χ3n) is 3.64. The first-order valence-corrected chi connectivity index (χ1v) is 4.40. The van der Waals surface area contributed by atoms with Gasteiger partial charge in [-0.3, -0.25) is 0 Å². The Morgan fingerprint density at radius 2 is 2.18 bits per heavy atom. The molecule has 0 aromatic rings. The molecule has 1 N–H and O–H groups in total. The van der Waals surface area contributed by atoms with E-state index in [1.54, 1.807) is 0 Å². The van der Waals surface area contributed by atoms with Crippen molar-refractivity contribution in [3.63, 3.8) is 0 Å². The quantitative estimate of drug-likeness (QED) is 0.526. The maximum Gasteiger partial charge on any atom is 0.0783 e. The van der Waals surface area contributed by atoms with Gasteiger partial charge in [-0.05, 0) is 36.2 Å². The van der Waals surface area contributed by atoms with Crippen LogP contribution in [0.3, 0.4) is 0 Å². The topological polar surface area (TPSA) is 20.2 Å². The fourth-order valence-corrected chi connectivity index (χ4v) is 2.58. The van der Waals surface area contributed by atoms with Crippen LogP contribution < -0.4 is 0 Å². The van der Waals surface area contributed by atoms with Crippen molar-refractivity contribution in [2.45, 2.75) is 33.3 Å². The van der Waals surface area contributed by atoms with E-state index in [1.807, 2.05) is 6.92 Å². The van der Waals surface area contributed by atoms with Crippen molar-refractivity contribution in [2.24, 2.45) is 17.3 Å². The molecule has 0 radical (unpaired) electrons. The van der Waals surface area contributed by atoms with Gasteiger partial charge in [0.05, 0.1) is 6.10 Å². The van der Waals surface area contributed by atoms with Gasteiger partial charge >= 0.3 is 0 Å². The van der Waals surface area contributed by atoms with Gasteiger partial charge in [0.1, 0.15) is 0 Å². The summed E-state index contributed by atoms with van der Waals surface area (Å²) in [4.78, 5) is 0. The molecule has 62 valence electrons. The van der Waals surface area contributed by atoms with Crippen molar-refractivity contribution in [2.75, 3.05) is 0 Å². The van der Waals surface area contributed by atoms with E-state index in [0.717, 1.165) is 5.92 Å². The van der Waals surface area contributed by atoms with Gasteiger partial charge in [0.2, 0.25) is 0 Å². The van der Waals surface area contributed by atoms with Crippen LogP contribution in [0.2, 0.25) is 0 Å². The van der Waals surface area contributed by atoms with Gasteiger partial charge in [-0.2, -0.15) is 0 Å². The summed E-state index contributed by atoms with van der Waals surface area (Å²) >= 11 is 0. The van der Waals surface area contributed by atoms with Crippen molar-refractivity contribution in [3.05, 3.63) is 11.6 Å². The van der Waals surface area contributed by atoms with Crippen molar-refractivity contribution in [1.29, 1.82) is 0 Å². The Balaban J connectivity index is 2.22. The lowest BCUT2D eigenvalue weighted by Gasteiger charge is -2.15. The number of hydrogen-bond donors (Lipinski definition) is 1. The third kappa shape index (κ3) is 0.807. The van der Waals surface area contributed by atoms with Gasteiger partial charge in [-0.25, -0.2) is 0 Å². The highest BCUT2D eigenvalue weighted by Crippen LogP contribution is 2.64. The summed E-state index contributed by atoms with van der Waals surface area (Å²) in [6.45, 7) is 6.56. The van der Waals surface area contributed by atoms with Crippen LogP contribution in [0.5, 0.6) is 0 Å². The monoisotopic (exact) mass is 152 g/mol. The molecule has 2 rings (SSSR count). The van der Waals surface area contributed by atoms with Gasteiger partial charge in [-0.15, -0.1) is 0 Å². The molecule has 1 nitrogen and oxygen atoms in total. The van der Waals surface area contributed by atoms with Crippen LogP contribution in [0.15, 0.2) is 11.6 Å². The van der Waals surface area contributed by atoms with Gasteiger partial charge in [-0.1, -0.05) is 19.9 Å². The minimum Gasteiger partial charge on any atom is -0.388 e. The van der Waals surface area contributed by atoms with Crippen LogP contribution in [-0.4, -0.2) is 11.2 Å². The van der Waals surface area contributed by atoms with E-state index < -0.39 is 0 Å². The molecule has 2 aliphatic rings. The van der Waals surface area contributed by atoms with Gasteiger partial charge in [0, 0.05) is 0 Å². The summed E-state index contributed by atoms with van der Waals surface area (Å²) in [6, 6.07) is 0. The Morgan fingerprint density at radius 1 is 1.55 bits per heavy atom. The van der Waals surface area contributed by atoms with E-state index >= 15 is 0 Å². The van der Waals surface area contributed by atoms with Crippen LogP contribution in [-0.2, 0) is 0 Å². The molecule has 3 atom stereocenters. The lowest BCUT2D eigenvalue weighted by atomic mass is 9.98. The average Bonchev–Trinajstić information content (AvgIpc) is 2.46. The number of aliphatic hydroxyl groups excluding tert-OH is 1. The first kappa shape index (κ1) is 7.35. The molecule has 1 heteroatoms. The Bertz CT molecular complexity index is 215. The molecule has 11 heavy (non-hydrogen) atoms. The maximum atomic E-state index is 9.76. The smallest absolute Gasteiger partial charge is 0.0783 e. The Hall–Kier alpha value is -0.300. The van der Waals surface area contributed by atoms with Crippen molar-refractivity contribution < 1.29 is 5.11 Å². The van der Waals surface area contributed by atoms with Crippen molar-refractivity contribution in [1.82, 2.24) is 0 Å². The summed E-state index contributed by atoms with van der Waals surface area (Å²) in [7, 11) is 0. The van der Waals surface area contributed by atoms with Crippen LogP contribution >= 0.6 is 0 Å². The van der Waals surface area contributed by atoms with Crippen molar-refractivity contribution in [3.8, 4) is 0 Å². The summed E-state index contributed by atoms with van der Waals surface area (Å²) in [6.07, 6.45) is 3.23. The zero-order valence-electron chi connectivity index (χ0n) is 7.46. The number of aliphatic hydroxyl groups is 1.